The molecule has 1 aliphatic rings. The Morgan fingerprint density at radius 3 is 2.40 bits per heavy atom. The molecule has 0 bridgehead atoms. The number of benzene rings is 1. The summed E-state index contributed by atoms with van der Waals surface area (Å²) in [5.74, 6) is -1.69. The van der Waals surface area contributed by atoms with E-state index in [-0.39, 0.29) is 36.6 Å². The van der Waals surface area contributed by atoms with Gasteiger partial charge in [0.2, 0.25) is 5.91 Å². The first-order valence-corrected chi connectivity index (χ1v) is 6.52. The van der Waals surface area contributed by atoms with Crippen LogP contribution >= 0.6 is 0 Å². The molecule has 1 saturated heterocycles. The van der Waals surface area contributed by atoms with E-state index in [4.69, 9.17) is 0 Å². The summed E-state index contributed by atoms with van der Waals surface area (Å²) in [6.07, 6.45) is 0.355. The first kappa shape index (κ1) is 14.0. The standard InChI is InChI=1S/C14H17N3O3/c1-9(10-5-3-2-4-6-10)15-12(18)8-7-11-13(19)16-17-14(11)20/h2-6,9,11H,7-8H2,1H3,(H,15,18)(H,16,19)(H,17,20). The minimum Gasteiger partial charge on any atom is -0.350 e. The number of hydrazine groups is 1. The van der Waals surface area contributed by atoms with Gasteiger partial charge in [0.1, 0.15) is 5.92 Å². The Balaban J connectivity index is 1.81. The third kappa shape index (κ3) is 3.34. The molecule has 1 aliphatic heterocycles. The maximum absolute atomic E-state index is 11.8. The number of carbonyl (C=O) groups is 3. The lowest BCUT2D eigenvalue weighted by atomic mass is 10.0. The number of carbonyl (C=O) groups excluding carboxylic acids is 3. The van der Waals surface area contributed by atoms with Crippen LogP contribution < -0.4 is 16.2 Å². The topological polar surface area (TPSA) is 87.3 Å². The molecule has 1 heterocycles. The highest BCUT2D eigenvalue weighted by Crippen LogP contribution is 2.14. The fraction of sp³-hybridized carbons (Fsp3) is 0.357. The van der Waals surface area contributed by atoms with Crippen LogP contribution in [-0.4, -0.2) is 17.7 Å². The van der Waals surface area contributed by atoms with Crippen LogP contribution in [0.1, 0.15) is 31.4 Å². The molecular weight excluding hydrogens is 258 g/mol. The van der Waals surface area contributed by atoms with Gasteiger partial charge in [0.05, 0.1) is 6.04 Å². The molecule has 0 radical (unpaired) electrons. The van der Waals surface area contributed by atoms with Gasteiger partial charge in [0.15, 0.2) is 0 Å². The van der Waals surface area contributed by atoms with Gasteiger partial charge >= 0.3 is 0 Å². The van der Waals surface area contributed by atoms with E-state index in [9.17, 15) is 14.4 Å². The number of amides is 3. The van der Waals surface area contributed by atoms with Crippen molar-refractivity contribution in [2.24, 2.45) is 5.92 Å². The average Bonchev–Trinajstić information content (AvgIpc) is 2.77. The lowest BCUT2D eigenvalue weighted by Crippen LogP contribution is -2.28. The quantitative estimate of drug-likeness (QED) is 0.681. The predicted molar refractivity (Wildman–Crippen MR) is 72.0 cm³/mol. The lowest BCUT2D eigenvalue weighted by Gasteiger charge is -2.14. The summed E-state index contributed by atoms with van der Waals surface area (Å²) < 4.78 is 0. The van der Waals surface area contributed by atoms with E-state index in [0.29, 0.717) is 0 Å². The summed E-state index contributed by atoms with van der Waals surface area (Å²) in [5, 5.41) is 2.85. The van der Waals surface area contributed by atoms with Gasteiger partial charge in [-0.15, -0.1) is 0 Å². The van der Waals surface area contributed by atoms with Crippen molar-refractivity contribution in [3.63, 3.8) is 0 Å². The molecule has 1 aromatic rings. The van der Waals surface area contributed by atoms with Gasteiger partial charge in [-0.3, -0.25) is 25.2 Å². The van der Waals surface area contributed by atoms with Crippen molar-refractivity contribution in [3.05, 3.63) is 35.9 Å². The van der Waals surface area contributed by atoms with Crippen LogP contribution in [0.4, 0.5) is 0 Å². The largest absolute Gasteiger partial charge is 0.350 e. The molecule has 3 N–H and O–H groups in total. The third-order valence-electron chi connectivity index (χ3n) is 3.28. The molecule has 3 amide bonds. The van der Waals surface area contributed by atoms with Crippen LogP contribution in [0.25, 0.3) is 0 Å². The average molecular weight is 275 g/mol. The molecule has 1 aromatic carbocycles. The Kier molecular flexibility index (Phi) is 4.34. The molecule has 0 spiro atoms. The molecule has 0 saturated carbocycles. The van der Waals surface area contributed by atoms with Crippen molar-refractivity contribution in [2.75, 3.05) is 0 Å². The van der Waals surface area contributed by atoms with Crippen LogP contribution in [0.3, 0.4) is 0 Å². The van der Waals surface area contributed by atoms with Gasteiger partial charge in [-0.25, -0.2) is 0 Å². The maximum Gasteiger partial charge on any atom is 0.251 e. The van der Waals surface area contributed by atoms with Gasteiger partial charge in [0.25, 0.3) is 11.8 Å². The Morgan fingerprint density at radius 2 is 1.80 bits per heavy atom. The summed E-state index contributed by atoms with van der Waals surface area (Å²) in [4.78, 5) is 34.5. The number of rotatable bonds is 5. The van der Waals surface area contributed by atoms with E-state index < -0.39 is 5.92 Å². The fourth-order valence-corrected chi connectivity index (χ4v) is 2.09. The van der Waals surface area contributed by atoms with Crippen LogP contribution in [0.15, 0.2) is 30.3 Å². The van der Waals surface area contributed by atoms with E-state index in [1.54, 1.807) is 0 Å². The number of nitrogens with one attached hydrogen (secondary N) is 3. The van der Waals surface area contributed by atoms with E-state index in [0.717, 1.165) is 5.56 Å². The number of hydrogen-bond acceptors (Lipinski definition) is 3. The highest BCUT2D eigenvalue weighted by Gasteiger charge is 2.32. The fourth-order valence-electron chi connectivity index (χ4n) is 2.09. The minimum atomic E-state index is -0.771. The normalized spacial score (nSPS) is 16.4. The maximum atomic E-state index is 11.8. The Morgan fingerprint density at radius 1 is 1.20 bits per heavy atom. The Hall–Kier alpha value is -2.37. The Bertz CT molecular complexity index is 500. The van der Waals surface area contributed by atoms with Crippen LogP contribution in [0.2, 0.25) is 0 Å². The first-order chi connectivity index (χ1) is 9.58. The zero-order chi connectivity index (χ0) is 14.5. The second-order valence-corrected chi connectivity index (χ2v) is 4.77. The molecule has 20 heavy (non-hydrogen) atoms. The van der Waals surface area contributed by atoms with E-state index in [2.05, 4.69) is 16.2 Å². The van der Waals surface area contributed by atoms with Gasteiger partial charge in [-0.05, 0) is 18.9 Å². The zero-order valence-corrected chi connectivity index (χ0v) is 11.2. The molecule has 6 nitrogen and oxygen atoms in total. The molecule has 1 atom stereocenters. The summed E-state index contributed by atoms with van der Waals surface area (Å²) in [5.41, 5.74) is 5.49. The van der Waals surface area contributed by atoms with Gasteiger partial charge < -0.3 is 5.32 Å². The third-order valence-corrected chi connectivity index (χ3v) is 3.28. The second-order valence-electron chi connectivity index (χ2n) is 4.77. The van der Waals surface area contributed by atoms with Gasteiger partial charge in [-0.2, -0.15) is 0 Å². The molecule has 1 unspecified atom stereocenters. The van der Waals surface area contributed by atoms with Crippen LogP contribution in [0, 0.1) is 5.92 Å². The van der Waals surface area contributed by atoms with Gasteiger partial charge in [-0.1, -0.05) is 30.3 Å². The second kappa shape index (κ2) is 6.18. The van der Waals surface area contributed by atoms with Crippen molar-refractivity contribution in [3.8, 4) is 0 Å². The predicted octanol–water partition coefficient (Wildman–Crippen LogP) is 0.421. The van der Waals surface area contributed by atoms with Crippen molar-refractivity contribution in [1.29, 1.82) is 0 Å². The SMILES string of the molecule is CC(NC(=O)CCC1C(=O)NNC1=O)c1ccccc1. The lowest BCUT2D eigenvalue weighted by molar-refractivity contribution is -0.128. The Labute approximate surface area is 116 Å². The molecule has 0 aromatic heterocycles. The highest BCUT2D eigenvalue weighted by molar-refractivity contribution is 6.05. The summed E-state index contributed by atoms with van der Waals surface area (Å²) in [7, 11) is 0. The molecule has 0 aliphatic carbocycles. The summed E-state index contributed by atoms with van der Waals surface area (Å²) in [6, 6.07) is 9.49. The van der Waals surface area contributed by atoms with Crippen molar-refractivity contribution >= 4 is 17.7 Å². The van der Waals surface area contributed by atoms with Crippen LogP contribution in [-0.2, 0) is 14.4 Å². The summed E-state index contributed by atoms with van der Waals surface area (Å²) >= 11 is 0. The smallest absolute Gasteiger partial charge is 0.251 e. The van der Waals surface area contributed by atoms with Crippen molar-refractivity contribution < 1.29 is 14.4 Å². The molecule has 2 rings (SSSR count). The monoisotopic (exact) mass is 275 g/mol. The van der Waals surface area contributed by atoms with E-state index >= 15 is 0 Å². The van der Waals surface area contributed by atoms with Crippen LogP contribution in [0.5, 0.6) is 0 Å². The summed E-state index contributed by atoms with van der Waals surface area (Å²) in [6.45, 7) is 1.89. The van der Waals surface area contributed by atoms with E-state index in [1.807, 2.05) is 37.3 Å². The van der Waals surface area contributed by atoms with E-state index in [1.165, 1.54) is 0 Å². The zero-order valence-electron chi connectivity index (χ0n) is 11.2. The van der Waals surface area contributed by atoms with Crippen molar-refractivity contribution in [2.45, 2.75) is 25.8 Å². The van der Waals surface area contributed by atoms with Crippen molar-refractivity contribution in [1.82, 2.24) is 16.2 Å². The minimum absolute atomic E-state index is 0.102. The molecule has 6 heteroatoms. The molecular formula is C14H17N3O3. The number of hydrogen-bond donors (Lipinski definition) is 3. The van der Waals surface area contributed by atoms with Gasteiger partial charge in [0, 0.05) is 6.42 Å². The molecule has 106 valence electrons. The first-order valence-electron chi connectivity index (χ1n) is 6.52. The highest BCUT2D eigenvalue weighted by atomic mass is 16.2. The molecule has 1 fully saturated rings.